The number of likely N-dealkylation sites (tertiary alicyclic amines) is 2. The van der Waals surface area contributed by atoms with Crippen LogP contribution in [0.1, 0.15) is 103 Å². The predicted octanol–water partition coefficient (Wildman–Crippen LogP) is 9.42. The fraction of sp³-hybridized carbons (Fsp3) is 0.508. The number of aromatic hydroxyl groups is 1. The van der Waals surface area contributed by atoms with Crippen molar-refractivity contribution in [2.75, 3.05) is 64.0 Å². The number of fused-ring (bicyclic) bond motifs is 4. The van der Waals surface area contributed by atoms with Crippen LogP contribution in [0.15, 0.2) is 60.2 Å². The highest BCUT2D eigenvalue weighted by Crippen LogP contribution is 2.40. The number of nitrogens with one attached hydrogen (secondary N) is 3. The van der Waals surface area contributed by atoms with Crippen LogP contribution in [0.4, 0.5) is 10.2 Å². The lowest BCUT2D eigenvalue weighted by Gasteiger charge is -2.35. The van der Waals surface area contributed by atoms with Crippen LogP contribution >= 0.6 is 22.9 Å². The number of halogens is 2. The summed E-state index contributed by atoms with van der Waals surface area (Å²) >= 11 is 7.87. The van der Waals surface area contributed by atoms with Gasteiger partial charge in [-0.05, 0) is 130 Å². The number of amides is 3. The molecule has 7 heterocycles. The minimum Gasteiger partial charge on any atom is -0.508 e. The van der Waals surface area contributed by atoms with Gasteiger partial charge in [-0.1, -0.05) is 69.6 Å². The predicted molar refractivity (Wildman–Crippen MR) is 306 cm³/mol. The summed E-state index contributed by atoms with van der Waals surface area (Å²) in [5, 5.41) is 22.9. The fourth-order valence-electron chi connectivity index (χ4n) is 11.4. The van der Waals surface area contributed by atoms with Crippen molar-refractivity contribution in [1.29, 1.82) is 0 Å². The zero-order valence-electron chi connectivity index (χ0n) is 45.9. The number of piperidine rings is 1. The van der Waals surface area contributed by atoms with Gasteiger partial charge in [0.15, 0.2) is 5.82 Å². The molecule has 10 rings (SSSR count). The van der Waals surface area contributed by atoms with E-state index < -0.39 is 17.3 Å². The third kappa shape index (κ3) is 13.0. The Bertz CT molecular complexity index is 3100. The van der Waals surface area contributed by atoms with Gasteiger partial charge >= 0.3 is 6.01 Å². The van der Waals surface area contributed by atoms with Crippen molar-refractivity contribution in [3.8, 4) is 33.5 Å². The van der Waals surface area contributed by atoms with E-state index in [1.807, 2.05) is 81.4 Å². The van der Waals surface area contributed by atoms with Crippen molar-refractivity contribution in [2.24, 2.45) is 11.3 Å². The molecule has 4 aliphatic rings. The van der Waals surface area contributed by atoms with Crippen molar-refractivity contribution >= 4 is 68.7 Å². The number of phenols is 1. The molecular formula is C59H74ClFN10O6S. The molecule has 4 saturated heterocycles. The Morgan fingerprint density at radius 2 is 1.78 bits per heavy atom. The number of hydrogen-bond acceptors (Lipinski definition) is 14. The van der Waals surface area contributed by atoms with Crippen LogP contribution in [-0.4, -0.2) is 136 Å². The minimum absolute atomic E-state index is 0.0149. The van der Waals surface area contributed by atoms with Gasteiger partial charge in [-0.3, -0.25) is 24.3 Å². The molecule has 0 radical (unpaired) electrons. The lowest BCUT2D eigenvalue weighted by atomic mass is 9.85. The standard InChI is InChI=1S/C46H61FN8O5.C13H13ClN2OS/c1-6-30-10-7-11-31-21-34(56)22-35(38(30)31)40-39(47)41-36(23-48-40)43(54-24-32-12-13-33(25-54)49-32)52-45(51-41)60-20-19-53-17-14-29(15-18-53)26-59-27-37(57)50-42(46(3,4)5)44(58)55-16-8-9-28(55)2;1-8(15-6-17)10-3-4-11(12(14)5-10)13-9(2)16-7-18-13/h7,10-11,21-23,28-29,32-33,42,49,56H,6,8-9,12-20,24-27H2,1-5H3,(H,50,57);3-8H,1-2H3,(H,15,17). The van der Waals surface area contributed by atoms with Gasteiger partial charge in [-0.25, -0.2) is 9.37 Å². The number of rotatable bonds is 17. The average molecular weight is 1110 g/mol. The number of anilines is 1. The van der Waals surface area contributed by atoms with Crippen LogP contribution < -0.4 is 25.6 Å². The maximum Gasteiger partial charge on any atom is 0.319 e. The zero-order valence-corrected chi connectivity index (χ0v) is 47.5. The highest BCUT2D eigenvalue weighted by Gasteiger charge is 2.39. The number of thiazole rings is 1. The van der Waals surface area contributed by atoms with Gasteiger partial charge in [0.1, 0.15) is 42.0 Å². The average Bonchev–Trinajstić information content (AvgIpc) is 4.21. The Kier molecular flexibility index (Phi) is 18.1. The molecule has 0 saturated carbocycles. The summed E-state index contributed by atoms with van der Waals surface area (Å²) in [4.78, 5) is 62.7. The van der Waals surface area contributed by atoms with E-state index in [-0.39, 0.29) is 53.5 Å². The highest BCUT2D eigenvalue weighted by molar-refractivity contribution is 7.13. The topological polar surface area (TPSA) is 187 Å². The van der Waals surface area contributed by atoms with Crippen molar-refractivity contribution in [2.45, 2.75) is 124 Å². The van der Waals surface area contributed by atoms with Gasteiger partial charge in [0.2, 0.25) is 18.2 Å². The molecular weight excluding hydrogens is 1030 g/mol. The summed E-state index contributed by atoms with van der Waals surface area (Å²) in [7, 11) is 0. The first kappa shape index (κ1) is 56.7. The molecule has 0 aliphatic carbocycles. The maximum absolute atomic E-state index is 17.0. The van der Waals surface area contributed by atoms with Crippen molar-refractivity contribution < 1.29 is 33.4 Å². The van der Waals surface area contributed by atoms with Gasteiger partial charge in [0, 0.05) is 66.7 Å². The fourth-order valence-corrected chi connectivity index (χ4v) is 12.6. The molecule has 3 aromatic heterocycles. The summed E-state index contributed by atoms with van der Waals surface area (Å²) in [6, 6.07) is 15.4. The van der Waals surface area contributed by atoms with E-state index in [1.165, 1.54) is 0 Å². The van der Waals surface area contributed by atoms with E-state index in [9.17, 15) is 19.5 Å². The van der Waals surface area contributed by atoms with Crippen LogP contribution in [0, 0.1) is 24.1 Å². The summed E-state index contributed by atoms with van der Waals surface area (Å²) in [6.07, 6.45) is 9.10. The molecule has 4 N–H and O–H groups in total. The second kappa shape index (κ2) is 25.0. The molecule has 19 heteroatoms. The third-order valence-corrected chi connectivity index (χ3v) is 17.1. The second-order valence-electron chi connectivity index (χ2n) is 22.5. The Morgan fingerprint density at radius 1 is 1.01 bits per heavy atom. The quantitative estimate of drug-likeness (QED) is 0.0634. The van der Waals surface area contributed by atoms with Gasteiger partial charge in [-0.15, -0.1) is 11.3 Å². The SMILES string of the molecule is CCc1cccc2cc(O)cc(-c3ncc4c(N5CC6CCC(C5)N6)nc(OCCN5CCC(COCC(=O)NC(C(=O)N6CCCC6C)C(C)(C)C)CC5)nc4c3F)c12.Cc1ncsc1-c1ccc(C(C)NC=O)cc1Cl. The number of ether oxygens (including phenoxy) is 2. The molecule has 4 fully saturated rings. The molecule has 4 aliphatic heterocycles. The van der Waals surface area contributed by atoms with Crippen molar-refractivity contribution in [1.82, 2.24) is 45.7 Å². The Morgan fingerprint density at radius 3 is 2.45 bits per heavy atom. The summed E-state index contributed by atoms with van der Waals surface area (Å²) in [6.45, 7) is 19.3. The van der Waals surface area contributed by atoms with Crippen LogP contribution in [-0.2, 0) is 25.5 Å². The molecule has 0 spiro atoms. The number of hydrogen-bond donors (Lipinski definition) is 4. The molecule has 3 aromatic carbocycles. The van der Waals surface area contributed by atoms with Gasteiger partial charge in [0.05, 0.1) is 34.1 Å². The number of carbonyl (C=O) groups excluding carboxylic acids is 3. The van der Waals surface area contributed by atoms with Crippen LogP contribution in [0.2, 0.25) is 5.02 Å². The number of pyridine rings is 1. The molecule has 2 bridgehead atoms. The van der Waals surface area contributed by atoms with Crippen LogP contribution in [0.25, 0.3) is 43.4 Å². The van der Waals surface area contributed by atoms with Crippen LogP contribution in [0.3, 0.4) is 0 Å². The summed E-state index contributed by atoms with van der Waals surface area (Å²) in [5.41, 5.74) is 6.18. The number of aryl methyl sites for hydroxylation is 2. The summed E-state index contributed by atoms with van der Waals surface area (Å²) < 4.78 is 29.1. The Labute approximate surface area is 465 Å². The normalized spacial score (nSPS) is 19.6. The van der Waals surface area contributed by atoms with E-state index in [1.54, 1.807) is 29.7 Å². The molecule has 16 nitrogen and oxygen atoms in total. The van der Waals surface area contributed by atoms with Crippen LogP contribution in [0.5, 0.6) is 11.8 Å². The largest absolute Gasteiger partial charge is 0.508 e. The van der Waals surface area contributed by atoms with Crippen molar-refractivity contribution in [3.05, 3.63) is 87.9 Å². The maximum atomic E-state index is 17.0. The number of nitrogens with zero attached hydrogens (tertiary/aromatic N) is 7. The Hall–Kier alpha value is -6.05. The van der Waals surface area contributed by atoms with Gasteiger partial charge in [-0.2, -0.15) is 9.97 Å². The van der Waals surface area contributed by atoms with E-state index in [2.05, 4.69) is 54.5 Å². The third-order valence-electron chi connectivity index (χ3n) is 15.8. The molecule has 5 unspecified atom stereocenters. The van der Waals surface area contributed by atoms with E-state index in [0.29, 0.717) is 66.0 Å². The van der Waals surface area contributed by atoms with E-state index in [4.69, 9.17) is 26.1 Å². The lowest BCUT2D eigenvalue weighted by Crippen LogP contribution is -2.56. The first-order chi connectivity index (χ1) is 37.5. The number of carbonyl (C=O) groups is 3. The first-order valence-electron chi connectivity index (χ1n) is 27.5. The van der Waals surface area contributed by atoms with Gasteiger partial charge < -0.3 is 40.3 Å². The van der Waals surface area contributed by atoms with Crippen molar-refractivity contribution in [3.63, 3.8) is 0 Å². The van der Waals surface area contributed by atoms with E-state index >= 15 is 4.39 Å². The van der Waals surface area contributed by atoms with E-state index in [0.717, 1.165) is 116 Å². The second-order valence-corrected chi connectivity index (χ2v) is 23.7. The molecule has 416 valence electrons. The lowest BCUT2D eigenvalue weighted by molar-refractivity contribution is -0.141. The first-order valence-corrected chi connectivity index (χ1v) is 28.8. The molecule has 78 heavy (non-hydrogen) atoms. The molecule has 3 amide bonds. The number of aromatic nitrogens is 4. The zero-order chi connectivity index (χ0) is 55.3. The number of phenolic OH excluding ortho intramolecular Hbond substituents is 1. The van der Waals surface area contributed by atoms with Gasteiger partial charge in [0.25, 0.3) is 0 Å². The monoisotopic (exact) mass is 1100 g/mol. The number of benzene rings is 3. The molecule has 5 atom stereocenters. The highest BCUT2D eigenvalue weighted by atomic mass is 35.5. The summed E-state index contributed by atoms with van der Waals surface area (Å²) in [5.74, 6) is 0.137. The smallest absolute Gasteiger partial charge is 0.319 e. The number of piperazine rings is 1. The Balaban J connectivity index is 0.000000347. The molecule has 6 aromatic rings. The minimum atomic E-state index is -0.601.